The number of aromatic nitrogens is 2. The Hall–Kier alpha value is -3.87. The lowest BCUT2D eigenvalue weighted by Gasteiger charge is -2.19. The van der Waals surface area contributed by atoms with Crippen LogP contribution >= 0.6 is 0 Å². The molecule has 0 unspecified atom stereocenters. The van der Waals surface area contributed by atoms with Gasteiger partial charge in [-0.05, 0) is 43.3 Å². The van der Waals surface area contributed by atoms with Gasteiger partial charge in [-0.15, -0.1) is 0 Å². The molecule has 7 heteroatoms. The van der Waals surface area contributed by atoms with Crippen molar-refractivity contribution in [2.24, 2.45) is 0 Å². The number of hydrogen-bond acceptors (Lipinski definition) is 4. The number of rotatable bonds is 7. The standard InChI is InChI=1S/C24H24N4O3/c1-3-28-20-12-7-5-10-18(20)26-22(28)14-15-25-23(29)17-9-4-6-11-19(17)27(2)24(30)21-13-8-16-31-21/h4-13,16H,3,14-15H2,1-2H3,(H,25,29). The zero-order valence-corrected chi connectivity index (χ0v) is 17.5. The van der Waals surface area contributed by atoms with Gasteiger partial charge >= 0.3 is 0 Å². The summed E-state index contributed by atoms with van der Waals surface area (Å²) in [6.07, 6.45) is 2.06. The van der Waals surface area contributed by atoms with E-state index in [1.807, 2.05) is 18.2 Å². The van der Waals surface area contributed by atoms with Crippen molar-refractivity contribution in [3.05, 3.63) is 84.1 Å². The fraction of sp³-hybridized carbons (Fsp3) is 0.208. The van der Waals surface area contributed by atoms with E-state index in [1.54, 1.807) is 43.4 Å². The van der Waals surface area contributed by atoms with Crippen molar-refractivity contribution in [1.82, 2.24) is 14.9 Å². The topological polar surface area (TPSA) is 80.4 Å². The quantitative estimate of drug-likeness (QED) is 0.496. The van der Waals surface area contributed by atoms with Crippen LogP contribution in [0.1, 0.15) is 33.7 Å². The molecule has 31 heavy (non-hydrogen) atoms. The van der Waals surface area contributed by atoms with Gasteiger partial charge in [0.2, 0.25) is 0 Å². The molecule has 158 valence electrons. The molecule has 2 aromatic carbocycles. The number of nitrogens with one attached hydrogen (secondary N) is 1. The third-order valence-electron chi connectivity index (χ3n) is 5.23. The van der Waals surface area contributed by atoms with Crippen molar-refractivity contribution in [3.63, 3.8) is 0 Å². The SMILES string of the molecule is CCn1c(CCNC(=O)c2ccccc2N(C)C(=O)c2ccco2)nc2ccccc21. The molecule has 0 fully saturated rings. The number of carbonyl (C=O) groups is 2. The Kier molecular flexibility index (Phi) is 5.84. The third kappa shape index (κ3) is 4.07. The van der Waals surface area contributed by atoms with Gasteiger partial charge in [0.1, 0.15) is 5.82 Å². The Morgan fingerprint density at radius 1 is 1.06 bits per heavy atom. The summed E-state index contributed by atoms with van der Waals surface area (Å²) in [5.41, 5.74) is 2.99. The zero-order valence-electron chi connectivity index (χ0n) is 17.5. The van der Waals surface area contributed by atoms with Crippen molar-refractivity contribution in [2.75, 3.05) is 18.5 Å². The lowest BCUT2D eigenvalue weighted by molar-refractivity contribution is 0.0954. The Morgan fingerprint density at radius 2 is 1.84 bits per heavy atom. The molecule has 4 aromatic rings. The van der Waals surface area contributed by atoms with Crippen LogP contribution in [0.25, 0.3) is 11.0 Å². The maximum atomic E-state index is 12.9. The molecule has 0 saturated carbocycles. The largest absolute Gasteiger partial charge is 0.459 e. The first kappa shape index (κ1) is 20.4. The van der Waals surface area contributed by atoms with Crippen LogP contribution in [0, 0.1) is 0 Å². The molecule has 0 radical (unpaired) electrons. The van der Waals surface area contributed by atoms with Crippen LogP contribution in [0.15, 0.2) is 71.3 Å². The monoisotopic (exact) mass is 416 g/mol. The third-order valence-corrected chi connectivity index (χ3v) is 5.23. The molecular formula is C24H24N4O3. The summed E-state index contributed by atoms with van der Waals surface area (Å²) in [5.74, 6) is 0.592. The molecule has 0 aliphatic rings. The number of carbonyl (C=O) groups excluding carboxylic acids is 2. The first-order chi connectivity index (χ1) is 15.1. The molecule has 4 rings (SSSR count). The predicted molar refractivity (Wildman–Crippen MR) is 119 cm³/mol. The lowest BCUT2D eigenvalue weighted by Crippen LogP contribution is -2.31. The summed E-state index contributed by atoms with van der Waals surface area (Å²) in [5, 5.41) is 2.96. The summed E-state index contributed by atoms with van der Waals surface area (Å²) in [7, 11) is 1.63. The molecule has 0 bridgehead atoms. The first-order valence-electron chi connectivity index (χ1n) is 10.2. The van der Waals surface area contributed by atoms with Gasteiger partial charge in [0.25, 0.3) is 11.8 Å². The molecule has 0 saturated heterocycles. The van der Waals surface area contributed by atoms with E-state index in [2.05, 4.69) is 22.9 Å². The minimum Gasteiger partial charge on any atom is -0.459 e. The number of furan rings is 1. The molecule has 2 aromatic heterocycles. The van der Waals surface area contributed by atoms with Crippen molar-refractivity contribution in [2.45, 2.75) is 19.9 Å². The summed E-state index contributed by atoms with van der Waals surface area (Å²) in [6.45, 7) is 3.33. The molecule has 2 heterocycles. The second kappa shape index (κ2) is 8.87. The Balaban J connectivity index is 1.47. The summed E-state index contributed by atoms with van der Waals surface area (Å²) >= 11 is 0. The van der Waals surface area contributed by atoms with Gasteiger partial charge in [0.15, 0.2) is 5.76 Å². The molecule has 0 aliphatic heterocycles. The molecule has 0 atom stereocenters. The number of para-hydroxylation sites is 3. The van der Waals surface area contributed by atoms with E-state index in [0.29, 0.717) is 24.2 Å². The fourth-order valence-corrected chi connectivity index (χ4v) is 3.69. The van der Waals surface area contributed by atoms with Gasteiger partial charge < -0.3 is 19.2 Å². The Bertz CT molecular complexity index is 1210. The van der Waals surface area contributed by atoms with E-state index < -0.39 is 0 Å². The van der Waals surface area contributed by atoms with Crippen molar-refractivity contribution >= 4 is 28.5 Å². The van der Waals surface area contributed by atoms with Crippen LogP contribution in [-0.4, -0.2) is 35.0 Å². The van der Waals surface area contributed by atoms with Crippen molar-refractivity contribution < 1.29 is 14.0 Å². The van der Waals surface area contributed by atoms with E-state index in [0.717, 1.165) is 23.4 Å². The molecule has 0 spiro atoms. The maximum Gasteiger partial charge on any atom is 0.293 e. The summed E-state index contributed by atoms with van der Waals surface area (Å²) in [6, 6.07) is 18.3. The van der Waals surface area contributed by atoms with Gasteiger partial charge in [0.05, 0.1) is 28.5 Å². The number of fused-ring (bicyclic) bond motifs is 1. The minimum absolute atomic E-state index is 0.219. The van der Waals surface area contributed by atoms with Crippen LogP contribution in [0.3, 0.4) is 0 Å². The highest BCUT2D eigenvalue weighted by molar-refractivity contribution is 6.09. The lowest BCUT2D eigenvalue weighted by atomic mass is 10.1. The van der Waals surface area contributed by atoms with E-state index in [1.165, 1.54) is 11.2 Å². The van der Waals surface area contributed by atoms with Crippen molar-refractivity contribution in [1.29, 1.82) is 0 Å². The van der Waals surface area contributed by atoms with E-state index in [-0.39, 0.29) is 17.6 Å². The molecular weight excluding hydrogens is 392 g/mol. The van der Waals surface area contributed by atoms with Crippen molar-refractivity contribution in [3.8, 4) is 0 Å². The number of nitrogens with zero attached hydrogens (tertiary/aromatic N) is 3. The highest BCUT2D eigenvalue weighted by atomic mass is 16.3. The maximum absolute atomic E-state index is 12.9. The highest BCUT2D eigenvalue weighted by Gasteiger charge is 2.21. The van der Waals surface area contributed by atoms with E-state index in [9.17, 15) is 9.59 Å². The number of aryl methyl sites for hydroxylation is 1. The van der Waals surface area contributed by atoms with Crippen LogP contribution in [-0.2, 0) is 13.0 Å². The highest BCUT2D eigenvalue weighted by Crippen LogP contribution is 2.21. The van der Waals surface area contributed by atoms with E-state index >= 15 is 0 Å². The molecule has 2 amide bonds. The summed E-state index contributed by atoms with van der Waals surface area (Å²) < 4.78 is 7.36. The predicted octanol–water partition coefficient (Wildman–Crippen LogP) is 3.90. The van der Waals surface area contributed by atoms with Crippen LogP contribution in [0.4, 0.5) is 5.69 Å². The van der Waals surface area contributed by atoms with Gasteiger partial charge in [-0.25, -0.2) is 4.98 Å². The van der Waals surface area contributed by atoms with Crippen LogP contribution in [0.5, 0.6) is 0 Å². The van der Waals surface area contributed by atoms with Gasteiger partial charge in [-0.3, -0.25) is 9.59 Å². The average Bonchev–Trinajstić information content (AvgIpc) is 3.45. The van der Waals surface area contributed by atoms with Gasteiger partial charge in [-0.2, -0.15) is 0 Å². The van der Waals surface area contributed by atoms with E-state index in [4.69, 9.17) is 9.40 Å². The average molecular weight is 416 g/mol. The number of hydrogen-bond donors (Lipinski definition) is 1. The smallest absolute Gasteiger partial charge is 0.293 e. The number of imidazole rings is 1. The molecule has 0 aliphatic carbocycles. The number of amides is 2. The minimum atomic E-state index is -0.318. The molecule has 1 N–H and O–H groups in total. The molecule has 7 nitrogen and oxygen atoms in total. The van der Waals surface area contributed by atoms with Crippen LogP contribution < -0.4 is 10.2 Å². The second-order valence-corrected chi connectivity index (χ2v) is 7.13. The Labute approximate surface area is 180 Å². The van der Waals surface area contributed by atoms with Gasteiger partial charge in [-0.1, -0.05) is 24.3 Å². The Morgan fingerprint density at radius 3 is 2.61 bits per heavy atom. The van der Waals surface area contributed by atoms with Crippen LogP contribution in [0.2, 0.25) is 0 Å². The fourth-order valence-electron chi connectivity index (χ4n) is 3.69. The summed E-state index contributed by atoms with van der Waals surface area (Å²) in [4.78, 5) is 31.6. The normalized spacial score (nSPS) is 10.9. The number of benzene rings is 2. The van der Waals surface area contributed by atoms with Gasteiger partial charge in [0, 0.05) is 26.6 Å². The second-order valence-electron chi connectivity index (χ2n) is 7.13. The first-order valence-corrected chi connectivity index (χ1v) is 10.2. The number of anilines is 1. The zero-order chi connectivity index (χ0) is 21.8.